The first kappa shape index (κ1) is 97.3. The second-order valence-corrected chi connectivity index (χ2v) is 39.9. The van der Waals surface area contributed by atoms with Crippen molar-refractivity contribution in [2.45, 2.75) is 173 Å². The number of carbonyl (C=O) groups excluding carboxylic acids is 5. The molecule has 15 unspecified atom stereocenters. The van der Waals surface area contributed by atoms with Crippen molar-refractivity contribution in [1.82, 2.24) is 129 Å². The number of benzene rings is 5. The molecule has 36 nitrogen and oxygen atoms in total. The number of aromatic nitrogens is 21. The fourth-order valence-electron chi connectivity index (χ4n) is 22.9. The molecule has 5 aliphatic carbocycles. The second kappa shape index (κ2) is 42.5. The minimum atomic E-state index is -0.501. The maximum atomic E-state index is 14.7. The molecule has 5 aliphatic heterocycles. The van der Waals surface area contributed by atoms with Gasteiger partial charge in [0.2, 0.25) is 11.9 Å². The highest BCUT2D eigenvalue weighted by molar-refractivity contribution is 6.03. The molecule has 5 N–H and O–H groups in total. The van der Waals surface area contributed by atoms with Crippen LogP contribution < -0.4 is 26.6 Å². The monoisotopic (exact) mass is 1990 g/mol. The lowest BCUT2D eigenvalue weighted by Gasteiger charge is -2.34. The van der Waals surface area contributed by atoms with E-state index in [4.69, 9.17) is 0 Å². The van der Waals surface area contributed by atoms with Crippen LogP contribution in [0, 0.1) is 95.5 Å². The predicted octanol–water partition coefficient (Wildman–Crippen LogP) is 14.7. The average molecular weight is 1990 g/mol. The van der Waals surface area contributed by atoms with Crippen LogP contribution in [0.5, 0.6) is 0 Å². The summed E-state index contributed by atoms with van der Waals surface area (Å²) in [6, 6.07) is 35.2. The predicted molar refractivity (Wildman–Crippen MR) is 545 cm³/mol. The Labute approximate surface area is 851 Å². The van der Waals surface area contributed by atoms with Gasteiger partial charge in [-0.3, -0.25) is 33.9 Å². The minimum Gasteiger partial charge on any atom is -0.365 e. The Bertz CT molecular complexity index is 6710. The van der Waals surface area contributed by atoms with Crippen LogP contribution in [0.25, 0.3) is 45.5 Å². The molecular formula is C109H110F3N31O5. The van der Waals surface area contributed by atoms with E-state index >= 15 is 0 Å². The third-order valence-electron chi connectivity index (χ3n) is 29.5. The number of nitrogens with zero attached hydrogens (tertiary/aromatic N) is 26. The number of halogens is 3. The van der Waals surface area contributed by atoms with Crippen molar-refractivity contribution in [1.29, 1.82) is 0 Å². The van der Waals surface area contributed by atoms with Crippen molar-refractivity contribution < 1.29 is 37.1 Å². The van der Waals surface area contributed by atoms with E-state index in [1.807, 2.05) is 128 Å². The van der Waals surface area contributed by atoms with Gasteiger partial charge in [0.05, 0.1) is 147 Å². The number of piperidine rings is 5. The lowest BCUT2D eigenvalue weighted by Crippen LogP contribution is -2.48. The molecule has 15 heterocycles. The lowest BCUT2D eigenvalue weighted by atomic mass is 10.0. The van der Waals surface area contributed by atoms with Crippen LogP contribution in [0.2, 0.25) is 0 Å². The number of carbonyl (C=O) groups is 5. The fourth-order valence-corrected chi connectivity index (χ4v) is 22.9. The van der Waals surface area contributed by atoms with Crippen LogP contribution in [0.1, 0.15) is 155 Å². The van der Waals surface area contributed by atoms with E-state index in [-0.39, 0.29) is 124 Å². The van der Waals surface area contributed by atoms with Crippen LogP contribution >= 0.6 is 0 Å². The number of amides is 5. The summed E-state index contributed by atoms with van der Waals surface area (Å²) in [5.41, 5.74) is 11.0. The van der Waals surface area contributed by atoms with Crippen LogP contribution in [0.3, 0.4) is 0 Å². The van der Waals surface area contributed by atoms with Gasteiger partial charge in [0.25, 0.3) is 29.5 Å². The normalized spacial score (nSPS) is 22.5. The molecule has 752 valence electrons. The third-order valence-corrected chi connectivity index (χ3v) is 29.5. The first-order chi connectivity index (χ1) is 72.0. The molecule has 0 spiro atoms. The Morgan fingerprint density at radius 2 is 0.547 bits per heavy atom. The highest BCUT2D eigenvalue weighted by Crippen LogP contribution is 2.47. The molecule has 0 radical (unpaired) electrons. The van der Waals surface area contributed by atoms with Gasteiger partial charge in [-0.05, 0) is 255 Å². The first-order valence-corrected chi connectivity index (χ1v) is 50.0. The molecule has 25 rings (SSSR count). The van der Waals surface area contributed by atoms with E-state index in [1.54, 1.807) is 166 Å². The lowest BCUT2D eigenvalue weighted by molar-refractivity contribution is 0.0684. The Balaban J connectivity index is 0.000000108. The number of nitrogens with one attached hydrogen (secondary N) is 5. The summed E-state index contributed by atoms with van der Waals surface area (Å²) in [5.74, 6) is 4.41. The van der Waals surface area contributed by atoms with Gasteiger partial charge < -0.3 is 51.1 Å². The zero-order chi connectivity index (χ0) is 102. The van der Waals surface area contributed by atoms with Crippen LogP contribution in [-0.2, 0) is 0 Å². The van der Waals surface area contributed by atoms with Gasteiger partial charge in [0, 0.05) is 131 Å². The van der Waals surface area contributed by atoms with Crippen molar-refractivity contribution in [2.75, 3.05) is 59.3 Å². The molecule has 148 heavy (non-hydrogen) atoms. The number of hydrogen-bond donors (Lipinski definition) is 5. The van der Waals surface area contributed by atoms with E-state index in [2.05, 4.69) is 122 Å². The largest absolute Gasteiger partial charge is 0.365 e. The molecule has 39 heteroatoms. The van der Waals surface area contributed by atoms with Crippen molar-refractivity contribution in [3.05, 3.63) is 324 Å². The maximum absolute atomic E-state index is 14.7. The van der Waals surface area contributed by atoms with Crippen molar-refractivity contribution in [3.63, 3.8) is 0 Å². The van der Waals surface area contributed by atoms with E-state index in [9.17, 15) is 37.1 Å². The van der Waals surface area contributed by atoms with Crippen molar-refractivity contribution in [2.24, 2.45) is 29.6 Å². The van der Waals surface area contributed by atoms with Gasteiger partial charge in [0.1, 0.15) is 34.9 Å². The molecule has 15 atom stereocenters. The van der Waals surface area contributed by atoms with Crippen LogP contribution in [0.15, 0.2) is 239 Å². The molecule has 5 saturated carbocycles. The Morgan fingerprint density at radius 1 is 0.264 bits per heavy atom. The highest BCUT2D eigenvalue weighted by Gasteiger charge is 2.53. The molecule has 15 aromatic rings. The summed E-state index contributed by atoms with van der Waals surface area (Å²) in [6.07, 6.45) is 41.5. The molecule has 10 aromatic heterocycles. The fraction of sp³-hybridized carbons (Fsp3) is 0.339. The van der Waals surface area contributed by atoms with E-state index in [1.165, 1.54) is 27.8 Å². The van der Waals surface area contributed by atoms with Crippen molar-refractivity contribution >= 4 is 58.9 Å². The first-order valence-electron chi connectivity index (χ1n) is 50.0. The summed E-state index contributed by atoms with van der Waals surface area (Å²) in [5, 5.41) is 34.1. The summed E-state index contributed by atoms with van der Waals surface area (Å²) in [7, 11) is 0. The quantitative estimate of drug-likeness (QED) is 0.0473. The summed E-state index contributed by atoms with van der Waals surface area (Å²) in [4.78, 5) is 144. The highest BCUT2D eigenvalue weighted by atomic mass is 19.1. The molecule has 10 aliphatic rings. The van der Waals surface area contributed by atoms with Crippen LogP contribution in [-0.4, -0.2) is 252 Å². The zero-order valence-corrected chi connectivity index (χ0v) is 82.6. The summed E-state index contributed by atoms with van der Waals surface area (Å²) < 4.78 is 44.1. The number of aryl methyl sites for hydroxylation is 7. The minimum absolute atomic E-state index is 0.0141. The number of fused-ring (bicyclic) bond motifs is 10. The smallest absolute Gasteiger partial charge is 0.256 e. The Kier molecular flexibility index (Phi) is 27.9. The van der Waals surface area contributed by atoms with E-state index < -0.39 is 17.5 Å². The standard InChI is InChI=1S/C23H22FN5O.2C22H21FN6O.2C21H23N7O/c1-14-6-7-20(27-12-14)28-18-10-15-11-19(18)29(13-15)23(30)16-4-2-5-17(24)21(16)22-25-8-3-9-26-22;1-13-10-27-19(11-26-13)28-17-8-14-9-18(17)29(12-14)22(30)15-4-2-5-16(23)20(15)21-24-6-3-7-25-21;1-13-10-26-22(27-11-13)28-17-8-14-9-18(17)29(12-14)21(30)15-4-2-5-16(23)19(15)20-24-6-3-7-25-20;1-13-3-4-16(18(7-13)28-24-5-6-25-28)21(29)27-12-15-8-17(19(27)9-15)26-20-11-22-14(2)10-23-20;1-13-3-4-16(18(7-13)28-24-5-6-25-28)20(29)27-12-15-8-17(19(27)9-15)26-21-22-10-14(2)11-23-21/h2-9,12,15,18-19H,10-11,13H2,1H3,(H,27,28);2-7,10-11,14,17-18H,8-9,12H2,1H3,(H,27,28);2-7,10-11,14,17-18H,8-9,12H2,1H3,(H,26,27,28);3-7,10-11,15,17,19H,8-9,12H2,1-2H3,(H,23,26);3-7,10-11,15,17,19H,8-9,12H2,1-2H3,(H,22,23,26). The molecule has 5 saturated heterocycles. The number of hydrogen-bond acceptors (Lipinski definition) is 29. The Morgan fingerprint density at radius 3 is 0.838 bits per heavy atom. The average Bonchev–Trinajstić information content (AvgIpc) is 1.61. The SMILES string of the molecule is Cc1ccc(C(=O)N2CC3CC(Nc4cnc(C)cn4)C2C3)c(-n2nccn2)c1.Cc1ccc(NC2CC3CC2N(C(=O)c2cccc(F)c2-c2ncccn2)C3)nc1.Cc1cnc(NC2CC3CC2N(C(=O)c2ccc(C)cc2-n2nccn2)C3)nc1.Cc1cnc(NC2CC3CC2N(C(=O)c2cccc(F)c2-c2ncccn2)C3)cn1.Cc1cnc(NC2CC3CC2N(C(=O)c2cccc(F)c2-c2ncccn2)C3)nc1. The topological polar surface area (TPSA) is 416 Å². The van der Waals surface area contributed by atoms with Gasteiger partial charge in [-0.15, -0.1) is 0 Å². The molecular weight excluding hydrogens is 1880 g/mol. The summed E-state index contributed by atoms with van der Waals surface area (Å²) >= 11 is 0. The van der Waals surface area contributed by atoms with Gasteiger partial charge in [-0.2, -0.15) is 30.0 Å². The van der Waals surface area contributed by atoms with Crippen LogP contribution in [0.4, 0.5) is 42.5 Å². The van der Waals surface area contributed by atoms with Crippen molar-refractivity contribution in [3.8, 4) is 45.5 Å². The molecule has 5 amide bonds. The van der Waals surface area contributed by atoms with Gasteiger partial charge >= 0.3 is 0 Å². The van der Waals surface area contributed by atoms with E-state index in [0.717, 1.165) is 134 Å². The number of anilines is 5. The number of likely N-dealkylation sites (tertiary alicyclic amines) is 5. The molecule has 10 fully saturated rings. The van der Waals surface area contributed by atoms with Gasteiger partial charge in [-0.1, -0.05) is 36.4 Å². The summed E-state index contributed by atoms with van der Waals surface area (Å²) in [6.45, 7) is 17.3. The zero-order valence-electron chi connectivity index (χ0n) is 82.6. The molecule has 10 bridgehead atoms. The van der Waals surface area contributed by atoms with Gasteiger partial charge in [-0.25, -0.2) is 78.0 Å². The number of rotatable bonds is 20. The maximum Gasteiger partial charge on any atom is 0.256 e. The number of pyridine rings is 1. The van der Waals surface area contributed by atoms with E-state index in [0.29, 0.717) is 100 Å². The Hall–Kier alpha value is -16.8. The third kappa shape index (κ3) is 20.9. The van der Waals surface area contributed by atoms with Gasteiger partial charge in [0.15, 0.2) is 17.5 Å². The second-order valence-electron chi connectivity index (χ2n) is 39.9. The molecule has 5 aromatic carbocycles.